The average Bonchev–Trinajstić information content (AvgIpc) is 3.15. The molecule has 0 spiro atoms. The van der Waals surface area contributed by atoms with Crippen molar-refractivity contribution >= 4 is 34.0 Å². The molecule has 4 heterocycles. The Bertz CT molecular complexity index is 1300. The third-order valence-corrected chi connectivity index (χ3v) is 8.17. The van der Waals surface area contributed by atoms with E-state index in [2.05, 4.69) is 27.1 Å². The van der Waals surface area contributed by atoms with Crippen LogP contribution in [0.5, 0.6) is 5.75 Å². The Hall–Kier alpha value is -3.25. The third-order valence-electron chi connectivity index (χ3n) is 6.25. The molecule has 36 heavy (non-hydrogen) atoms. The maximum atomic E-state index is 12.5. The van der Waals surface area contributed by atoms with Gasteiger partial charge in [-0.2, -0.15) is 13.9 Å². The Morgan fingerprint density at radius 1 is 1.31 bits per heavy atom. The van der Waals surface area contributed by atoms with Crippen LogP contribution in [-0.4, -0.2) is 79.9 Å². The Morgan fingerprint density at radius 3 is 2.58 bits per heavy atom. The molecule has 0 atom stereocenters. The molecule has 1 amide bonds. The number of ether oxygens (including phenoxy) is 1. The number of carbonyl (C=O) groups excluding carboxylic acids is 2. The summed E-state index contributed by atoms with van der Waals surface area (Å²) < 4.78 is 41.8. The van der Waals surface area contributed by atoms with Crippen LogP contribution in [0.2, 0.25) is 0 Å². The van der Waals surface area contributed by atoms with Crippen LogP contribution in [0.3, 0.4) is 0 Å². The molecule has 0 unspecified atom stereocenters. The van der Waals surface area contributed by atoms with Gasteiger partial charge >= 0.3 is 6.61 Å². The zero-order chi connectivity index (χ0) is 26.0. The predicted molar refractivity (Wildman–Crippen MR) is 132 cm³/mol. The molecule has 0 saturated carbocycles. The number of amides is 1. The number of nitrogens with one attached hydrogen (secondary N) is 1. The van der Waals surface area contributed by atoms with Crippen LogP contribution in [0.25, 0.3) is 22.3 Å². The summed E-state index contributed by atoms with van der Waals surface area (Å²) in [6.45, 7) is 1.68. The predicted octanol–water partition coefficient (Wildman–Crippen LogP) is 2.64. The highest BCUT2D eigenvalue weighted by Gasteiger charge is 2.36. The van der Waals surface area contributed by atoms with Crippen LogP contribution < -0.4 is 10.1 Å². The Balaban J connectivity index is 0.000000325. The Labute approximate surface area is 209 Å². The molecular weight excluding hydrogens is 492 g/mol. The van der Waals surface area contributed by atoms with Crippen molar-refractivity contribution in [2.75, 3.05) is 31.6 Å². The second-order valence-corrected chi connectivity index (χ2v) is 10.5. The minimum absolute atomic E-state index is 0.0171. The fourth-order valence-electron chi connectivity index (χ4n) is 4.07. The number of rotatable bonds is 6. The number of alkyl halides is 2. The smallest absolute Gasteiger partial charge is 0.387 e. The number of hydrogen-bond donors (Lipinski definition) is 1. The van der Waals surface area contributed by atoms with Crippen LogP contribution in [0.15, 0.2) is 36.5 Å². The van der Waals surface area contributed by atoms with Crippen LogP contribution in [0.1, 0.15) is 30.2 Å². The number of aldehydes is 1. The van der Waals surface area contributed by atoms with Crippen molar-refractivity contribution < 1.29 is 27.3 Å². The molecule has 2 aliphatic rings. The number of pyridine rings is 1. The van der Waals surface area contributed by atoms with Crippen molar-refractivity contribution in [3.63, 3.8) is 0 Å². The lowest BCUT2D eigenvalue weighted by Crippen LogP contribution is -2.58. The first kappa shape index (κ1) is 25.8. The number of nitrogens with zero attached hydrogens (tertiary/aromatic N) is 4. The highest BCUT2D eigenvalue weighted by atomic mass is 32.2. The number of carbonyl (C=O) groups is 2. The van der Waals surface area contributed by atoms with Gasteiger partial charge in [-0.05, 0) is 32.2 Å². The van der Waals surface area contributed by atoms with Gasteiger partial charge in [0.1, 0.15) is 17.0 Å². The minimum atomic E-state index is -2.93. The van der Waals surface area contributed by atoms with Gasteiger partial charge in [-0.3, -0.25) is 23.5 Å². The van der Waals surface area contributed by atoms with E-state index in [0.717, 1.165) is 11.5 Å². The van der Waals surface area contributed by atoms with Crippen molar-refractivity contribution in [3.8, 4) is 17.0 Å². The molecule has 2 saturated heterocycles. The molecule has 9 nitrogen and oxygen atoms in total. The molecule has 3 aromatic rings. The van der Waals surface area contributed by atoms with Crippen LogP contribution in [0.4, 0.5) is 8.78 Å². The van der Waals surface area contributed by atoms with Crippen molar-refractivity contribution in [3.05, 3.63) is 42.1 Å². The number of fused-ring (bicyclic) bond motifs is 1. The molecule has 0 bridgehead atoms. The summed E-state index contributed by atoms with van der Waals surface area (Å²) >= 11 is 0. The van der Waals surface area contributed by atoms with Gasteiger partial charge in [0, 0.05) is 65.2 Å². The normalized spacial score (nSPS) is 21.4. The zero-order valence-corrected chi connectivity index (χ0v) is 20.9. The molecule has 12 heteroatoms. The second-order valence-electron chi connectivity index (χ2n) is 9.07. The average molecular weight is 520 g/mol. The SMILES string of the molecule is CC(=O)N1CC(n2nc(-c3cccc(OC(F)F)c3)c3ncc(C=O)cc32)C1.CNC1(C)CS(=O)C1. The van der Waals surface area contributed by atoms with Crippen LogP contribution in [-0.2, 0) is 15.6 Å². The summed E-state index contributed by atoms with van der Waals surface area (Å²) in [4.78, 5) is 28.7. The third kappa shape index (κ3) is 5.44. The zero-order valence-electron chi connectivity index (χ0n) is 20.1. The van der Waals surface area contributed by atoms with Crippen molar-refractivity contribution in [1.82, 2.24) is 25.0 Å². The summed E-state index contributed by atoms with van der Waals surface area (Å²) in [5.74, 6) is 1.65. The minimum Gasteiger partial charge on any atom is -0.435 e. The second kappa shape index (κ2) is 10.4. The lowest BCUT2D eigenvalue weighted by molar-refractivity contribution is -0.134. The van der Waals surface area contributed by atoms with Gasteiger partial charge in [-0.1, -0.05) is 12.1 Å². The molecule has 0 aliphatic carbocycles. The molecule has 192 valence electrons. The van der Waals surface area contributed by atoms with Gasteiger partial charge in [0.25, 0.3) is 0 Å². The molecule has 5 rings (SSSR count). The molecule has 1 N–H and O–H groups in total. The topological polar surface area (TPSA) is 106 Å². The van der Waals surface area contributed by atoms with Gasteiger partial charge in [0.15, 0.2) is 6.29 Å². The first-order valence-electron chi connectivity index (χ1n) is 11.3. The van der Waals surface area contributed by atoms with Gasteiger partial charge < -0.3 is 15.0 Å². The fourth-order valence-corrected chi connectivity index (χ4v) is 5.70. The summed E-state index contributed by atoms with van der Waals surface area (Å²) in [7, 11) is 1.39. The van der Waals surface area contributed by atoms with Crippen molar-refractivity contribution in [2.24, 2.45) is 0 Å². The van der Waals surface area contributed by atoms with E-state index in [4.69, 9.17) is 0 Å². The number of benzene rings is 1. The molecule has 2 fully saturated rings. The first-order valence-corrected chi connectivity index (χ1v) is 12.8. The maximum absolute atomic E-state index is 12.5. The summed E-state index contributed by atoms with van der Waals surface area (Å²) in [6.07, 6.45) is 2.14. The van der Waals surface area contributed by atoms with E-state index < -0.39 is 17.4 Å². The summed E-state index contributed by atoms with van der Waals surface area (Å²) in [6, 6.07) is 7.85. The summed E-state index contributed by atoms with van der Waals surface area (Å²) in [5, 5.41) is 7.74. The molecular formula is C24H27F2N5O4S. The molecule has 0 radical (unpaired) electrons. The largest absolute Gasteiger partial charge is 0.435 e. The van der Waals surface area contributed by atoms with Crippen LogP contribution >= 0.6 is 0 Å². The Morgan fingerprint density at radius 2 is 2.03 bits per heavy atom. The highest BCUT2D eigenvalue weighted by Crippen LogP contribution is 2.33. The van der Waals surface area contributed by atoms with Crippen LogP contribution in [0, 0.1) is 0 Å². The molecule has 2 aromatic heterocycles. The van der Waals surface area contributed by atoms with E-state index in [1.165, 1.54) is 25.3 Å². The molecule has 1 aromatic carbocycles. The van der Waals surface area contributed by atoms with Gasteiger partial charge in [0.2, 0.25) is 5.91 Å². The van der Waals surface area contributed by atoms with E-state index >= 15 is 0 Å². The van der Waals surface area contributed by atoms with E-state index in [1.54, 1.807) is 27.8 Å². The lowest BCUT2D eigenvalue weighted by atomic mass is 10.1. The highest BCUT2D eigenvalue weighted by molar-refractivity contribution is 7.86. The fraction of sp³-hybridized carbons (Fsp3) is 0.417. The standard InChI is InChI=1S/C19H16F2N4O3.C5H11NOS/c1-11(27)24-8-14(9-24)25-16-5-12(10-26)7-22-18(16)17(23-25)13-3-2-4-15(6-13)28-19(20)21;1-5(6-2)3-8(7)4-5/h2-7,10,14,19H,8-9H2,1H3;6H,3-4H2,1-2H3. The number of aromatic nitrogens is 3. The molecule has 2 aliphatic heterocycles. The van der Waals surface area contributed by atoms with E-state index in [1.807, 2.05) is 7.05 Å². The van der Waals surface area contributed by atoms with Crippen molar-refractivity contribution in [1.29, 1.82) is 0 Å². The quantitative estimate of drug-likeness (QED) is 0.499. The van der Waals surface area contributed by atoms with E-state index in [-0.39, 0.29) is 23.2 Å². The summed E-state index contributed by atoms with van der Waals surface area (Å²) in [5.41, 5.74) is 2.83. The number of likely N-dealkylation sites (tertiary alicyclic amines) is 1. The van der Waals surface area contributed by atoms with E-state index in [0.29, 0.717) is 47.2 Å². The van der Waals surface area contributed by atoms with E-state index in [9.17, 15) is 22.6 Å². The van der Waals surface area contributed by atoms with Gasteiger partial charge in [-0.25, -0.2) is 0 Å². The number of hydrogen-bond acceptors (Lipinski definition) is 7. The maximum Gasteiger partial charge on any atom is 0.387 e. The number of halogens is 2. The van der Waals surface area contributed by atoms with Gasteiger partial charge in [0.05, 0.1) is 11.6 Å². The monoisotopic (exact) mass is 519 g/mol. The van der Waals surface area contributed by atoms with Gasteiger partial charge in [-0.15, -0.1) is 0 Å². The first-order chi connectivity index (χ1) is 17.1. The lowest BCUT2D eigenvalue weighted by Gasteiger charge is -2.38. The van der Waals surface area contributed by atoms with Crippen molar-refractivity contribution in [2.45, 2.75) is 32.0 Å². The Kier molecular flexibility index (Phi) is 7.46.